The van der Waals surface area contributed by atoms with Crippen LogP contribution in [0.2, 0.25) is 0 Å². The molecule has 5 heteroatoms. The van der Waals surface area contributed by atoms with Gasteiger partial charge in [-0.05, 0) is 19.8 Å². The van der Waals surface area contributed by atoms with Crippen molar-refractivity contribution in [2.45, 2.75) is 27.7 Å². The Kier molecular flexibility index (Phi) is 7.54. The van der Waals surface area contributed by atoms with Crippen molar-refractivity contribution in [3.05, 3.63) is 0 Å². The Bertz CT molecular complexity index is 250. The van der Waals surface area contributed by atoms with Crippen LogP contribution >= 0.6 is 0 Å². The maximum Gasteiger partial charge on any atom is 0.241 e. The van der Waals surface area contributed by atoms with E-state index in [1.54, 1.807) is 4.90 Å². The van der Waals surface area contributed by atoms with Crippen LogP contribution in [0.3, 0.4) is 0 Å². The van der Waals surface area contributed by atoms with Gasteiger partial charge in [0, 0.05) is 19.6 Å². The Labute approximate surface area is 104 Å². The van der Waals surface area contributed by atoms with E-state index in [0.29, 0.717) is 19.6 Å². The van der Waals surface area contributed by atoms with Gasteiger partial charge in [-0.2, -0.15) is 0 Å². The lowest BCUT2D eigenvalue weighted by Gasteiger charge is -2.21. The summed E-state index contributed by atoms with van der Waals surface area (Å²) in [7, 11) is 0. The van der Waals surface area contributed by atoms with E-state index >= 15 is 0 Å². The van der Waals surface area contributed by atoms with E-state index < -0.39 is 0 Å². The normalized spacial score (nSPS) is 12.4. The Morgan fingerprint density at radius 2 is 1.76 bits per heavy atom. The molecule has 100 valence electrons. The largest absolute Gasteiger partial charge is 0.347 e. The van der Waals surface area contributed by atoms with Gasteiger partial charge in [0.2, 0.25) is 11.8 Å². The summed E-state index contributed by atoms with van der Waals surface area (Å²) in [6.45, 7) is 9.42. The maximum atomic E-state index is 11.8. The molecular formula is C12H25N3O2. The minimum absolute atomic E-state index is 0.0529. The lowest BCUT2D eigenvalue weighted by molar-refractivity contribution is -0.134. The Balaban J connectivity index is 4.19. The summed E-state index contributed by atoms with van der Waals surface area (Å²) < 4.78 is 0. The van der Waals surface area contributed by atoms with Gasteiger partial charge in [-0.1, -0.05) is 13.8 Å². The quantitative estimate of drug-likeness (QED) is 0.671. The third-order valence-corrected chi connectivity index (χ3v) is 2.93. The van der Waals surface area contributed by atoms with E-state index in [1.807, 2.05) is 27.7 Å². The molecule has 17 heavy (non-hydrogen) atoms. The first kappa shape index (κ1) is 15.9. The van der Waals surface area contributed by atoms with Crippen LogP contribution in [0.15, 0.2) is 0 Å². The smallest absolute Gasteiger partial charge is 0.241 e. The fourth-order valence-corrected chi connectivity index (χ4v) is 1.66. The Morgan fingerprint density at radius 1 is 1.24 bits per heavy atom. The lowest BCUT2D eigenvalue weighted by atomic mass is 9.95. The van der Waals surface area contributed by atoms with Crippen LogP contribution in [0.1, 0.15) is 27.7 Å². The fourth-order valence-electron chi connectivity index (χ4n) is 1.66. The van der Waals surface area contributed by atoms with Crippen molar-refractivity contribution in [1.82, 2.24) is 10.2 Å². The van der Waals surface area contributed by atoms with Gasteiger partial charge in [0.1, 0.15) is 0 Å². The molecule has 0 aliphatic carbocycles. The van der Waals surface area contributed by atoms with Crippen molar-refractivity contribution < 1.29 is 9.59 Å². The molecule has 0 saturated carbocycles. The zero-order valence-electron chi connectivity index (χ0n) is 11.3. The van der Waals surface area contributed by atoms with Crippen LogP contribution in [-0.4, -0.2) is 42.9 Å². The van der Waals surface area contributed by atoms with E-state index in [-0.39, 0.29) is 30.2 Å². The molecule has 1 unspecified atom stereocenters. The summed E-state index contributed by atoms with van der Waals surface area (Å²) in [6.07, 6.45) is 0. The number of likely N-dealkylation sites (N-methyl/N-ethyl adjacent to an activating group) is 1. The highest BCUT2D eigenvalue weighted by Gasteiger charge is 2.21. The number of nitrogens with one attached hydrogen (secondary N) is 1. The van der Waals surface area contributed by atoms with Crippen molar-refractivity contribution in [2.75, 3.05) is 26.2 Å². The molecule has 0 bridgehead atoms. The predicted octanol–water partition coefficient (Wildman–Crippen LogP) is 0.202. The molecular weight excluding hydrogens is 218 g/mol. The number of carbonyl (C=O) groups excluding carboxylic acids is 2. The maximum absolute atomic E-state index is 11.8. The monoisotopic (exact) mass is 243 g/mol. The summed E-state index contributed by atoms with van der Waals surface area (Å²) in [5, 5.41) is 2.65. The van der Waals surface area contributed by atoms with Gasteiger partial charge in [-0.3, -0.25) is 9.59 Å². The molecule has 3 N–H and O–H groups in total. The first-order valence-electron chi connectivity index (χ1n) is 6.23. The first-order chi connectivity index (χ1) is 7.97. The van der Waals surface area contributed by atoms with Crippen molar-refractivity contribution >= 4 is 11.8 Å². The molecule has 0 aromatic heterocycles. The van der Waals surface area contributed by atoms with Crippen LogP contribution in [0.25, 0.3) is 0 Å². The molecule has 5 nitrogen and oxygen atoms in total. The predicted molar refractivity (Wildman–Crippen MR) is 68.3 cm³/mol. The van der Waals surface area contributed by atoms with E-state index in [1.165, 1.54) is 0 Å². The van der Waals surface area contributed by atoms with Gasteiger partial charge < -0.3 is 16.0 Å². The third kappa shape index (κ3) is 5.17. The van der Waals surface area contributed by atoms with Crippen molar-refractivity contribution in [1.29, 1.82) is 0 Å². The van der Waals surface area contributed by atoms with E-state index in [9.17, 15) is 9.59 Å². The van der Waals surface area contributed by atoms with E-state index in [4.69, 9.17) is 5.73 Å². The van der Waals surface area contributed by atoms with Gasteiger partial charge in [0.15, 0.2) is 0 Å². The van der Waals surface area contributed by atoms with Gasteiger partial charge in [-0.25, -0.2) is 0 Å². The van der Waals surface area contributed by atoms with Crippen LogP contribution in [0, 0.1) is 11.8 Å². The highest BCUT2D eigenvalue weighted by molar-refractivity contribution is 5.86. The van der Waals surface area contributed by atoms with E-state index in [2.05, 4.69) is 5.32 Å². The number of rotatable bonds is 7. The minimum atomic E-state index is -0.223. The average Bonchev–Trinajstić information content (AvgIpc) is 2.28. The number of carbonyl (C=O) groups is 2. The van der Waals surface area contributed by atoms with Crippen LogP contribution in [-0.2, 0) is 9.59 Å². The number of nitrogens with two attached hydrogens (primary N) is 1. The lowest BCUT2D eigenvalue weighted by Crippen LogP contribution is -2.44. The Morgan fingerprint density at radius 3 is 2.12 bits per heavy atom. The van der Waals surface area contributed by atoms with Gasteiger partial charge in [-0.15, -0.1) is 0 Å². The summed E-state index contributed by atoms with van der Waals surface area (Å²) in [6, 6.07) is 0. The summed E-state index contributed by atoms with van der Waals surface area (Å²) in [5.74, 6) is -0.228. The van der Waals surface area contributed by atoms with Crippen LogP contribution < -0.4 is 11.1 Å². The van der Waals surface area contributed by atoms with Crippen LogP contribution in [0.5, 0.6) is 0 Å². The number of amides is 2. The molecule has 0 aromatic carbocycles. The molecule has 0 saturated heterocycles. The highest BCUT2D eigenvalue weighted by Crippen LogP contribution is 2.08. The minimum Gasteiger partial charge on any atom is -0.347 e. The molecule has 0 heterocycles. The molecule has 0 aromatic rings. The SMILES string of the molecule is CCN(CC)C(=O)CNC(=O)C(CN)C(C)C. The topological polar surface area (TPSA) is 75.4 Å². The third-order valence-electron chi connectivity index (χ3n) is 2.93. The molecule has 0 spiro atoms. The van der Waals surface area contributed by atoms with Crippen molar-refractivity contribution in [3.63, 3.8) is 0 Å². The van der Waals surface area contributed by atoms with Gasteiger partial charge in [0.25, 0.3) is 0 Å². The molecule has 0 rings (SSSR count). The fraction of sp³-hybridized carbons (Fsp3) is 0.833. The van der Waals surface area contributed by atoms with Gasteiger partial charge in [0.05, 0.1) is 12.5 Å². The zero-order chi connectivity index (χ0) is 13.4. The van der Waals surface area contributed by atoms with Crippen molar-refractivity contribution in [3.8, 4) is 0 Å². The van der Waals surface area contributed by atoms with Gasteiger partial charge >= 0.3 is 0 Å². The second kappa shape index (κ2) is 8.06. The van der Waals surface area contributed by atoms with Crippen LogP contribution in [0.4, 0.5) is 0 Å². The molecule has 0 aliphatic heterocycles. The summed E-state index contributed by atoms with van der Waals surface area (Å²) in [5.41, 5.74) is 5.54. The first-order valence-corrected chi connectivity index (χ1v) is 6.23. The second-order valence-electron chi connectivity index (χ2n) is 4.37. The standard InChI is InChI=1S/C12H25N3O2/c1-5-15(6-2)11(16)8-14-12(17)10(7-13)9(3)4/h9-10H,5-8,13H2,1-4H3,(H,14,17). The number of hydrogen-bond acceptors (Lipinski definition) is 3. The second-order valence-corrected chi connectivity index (χ2v) is 4.37. The number of hydrogen-bond donors (Lipinski definition) is 2. The molecule has 0 radical (unpaired) electrons. The molecule has 0 aliphatic rings. The van der Waals surface area contributed by atoms with E-state index in [0.717, 1.165) is 0 Å². The Hall–Kier alpha value is -1.10. The summed E-state index contributed by atoms with van der Waals surface area (Å²) in [4.78, 5) is 25.1. The summed E-state index contributed by atoms with van der Waals surface area (Å²) >= 11 is 0. The average molecular weight is 243 g/mol. The zero-order valence-corrected chi connectivity index (χ0v) is 11.3. The van der Waals surface area contributed by atoms with Crippen molar-refractivity contribution in [2.24, 2.45) is 17.6 Å². The number of nitrogens with zero attached hydrogens (tertiary/aromatic N) is 1. The molecule has 0 fully saturated rings. The highest BCUT2D eigenvalue weighted by atomic mass is 16.2. The molecule has 2 amide bonds. The molecule has 1 atom stereocenters.